The molecule has 0 unspecified atom stereocenters. The highest BCUT2D eigenvalue weighted by Crippen LogP contribution is 2.44. The van der Waals surface area contributed by atoms with E-state index in [4.69, 9.17) is 0 Å². The van der Waals surface area contributed by atoms with Gasteiger partial charge in [0.15, 0.2) is 0 Å². The zero-order valence-electron chi connectivity index (χ0n) is 20.8. The largest absolute Gasteiger partial charge is 0.401 e. The summed E-state index contributed by atoms with van der Waals surface area (Å²) < 4.78 is 99.1. The van der Waals surface area contributed by atoms with Crippen molar-refractivity contribution in [1.82, 2.24) is 14.8 Å². The maximum Gasteiger partial charge on any atom is 0.401 e. The molecule has 5 rings (SSSR count). The third kappa shape index (κ3) is 5.22. The molecule has 38 heavy (non-hydrogen) atoms. The fourth-order valence-electron chi connectivity index (χ4n) is 5.86. The minimum absolute atomic E-state index is 0.00755. The quantitative estimate of drug-likeness (QED) is 0.352. The fraction of sp³-hybridized carbons (Fsp3) is 0.481. The molecule has 0 aliphatic carbocycles. The smallest absolute Gasteiger partial charge is 0.378 e. The first-order chi connectivity index (χ1) is 18.1. The number of hydrogen-bond donors (Lipinski definition) is 2. The zero-order chi connectivity index (χ0) is 27.2. The minimum Gasteiger partial charge on any atom is -0.378 e. The molecule has 4 atom stereocenters. The van der Waals surface area contributed by atoms with Crippen LogP contribution in [0.5, 0.6) is 0 Å². The van der Waals surface area contributed by atoms with E-state index in [-0.39, 0.29) is 31.6 Å². The molecule has 11 heteroatoms. The molecule has 0 bridgehead atoms. The van der Waals surface area contributed by atoms with E-state index in [1.807, 2.05) is 6.07 Å². The summed E-state index contributed by atoms with van der Waals surface area (Å²) in [4.78, 5) is 5.92. The SMILES string of the molecule is C[C@@H]1Cc2c([nH]c3ccccc23)[C@@H](c2c(F)cc(N[C@@H]3CN(CCCF)C[C@@H]3F)cc2F)N1CC(F)(F)F. The highest BCUT2D eigenvalue weighted by Gasteiger charge is 2.44. The summed E-state index contributed by atoms with van der Waals surface area (Å²) in [7, 11) is 0. The summed E-state index contributed by atoms with van der Waals surface area (Å²) in [5.74, 6) is -2.04. The Balaban J connectivity index is 1.51. The predicted molar refractivity (Wildman–Crippen MR) is 132 cm³/mol. The lowest BCUT2D eigenvalue weighted by molar-refractivity contribution is -0.155. The lowest BCUT2D eigenvalue weighted by Gasteiger charge is -2.41. The Morgan fingerprint density at radius 3 is 2.47 bits per heavy atom. The van der Waals surface area contributed by atoms with E-state index in [0.717, 1.165) is 28.0 Å². The van der Waals surface area contributed by atoms with Gasteiger partial charge in [-0.3, -0.25) is 14.2 Å². The highest BCUT2D eigenvalue weighted by atomic mass is 19.4. The van der Waals surface area contributed by atoms with Crippen molar-refractivity contribution in [2.24, 2.45) is 0 Å². The first-order valence-electron chi connectivity index (χ1n) is 12.7. The Morgan fingerprint density at radius 1 is 1.08 bits per heavy atom. The predicted octanol–water partition coefficient (Wildman–Crippen LogP) is 6.14. The van der Waals surface area contributed by atoms with Crippen LogP contribution in [-0.2, 0) is 6.42 Å². The molecule has 3 heterocycles. The average Bonchev–Trinajstić information content (AvgIpc) is 3.38. The number of nitrogens with zero attached hydrogens (tertiary/aromatic N) is 2. The molecule has 4 nitrogen and oxygen atoms in total. The van der Waals surface area contributed by atoms with Crippen LogP contribution in [0.15, 0.2) is 36.4 Å². The minimum atomic E-state index is -4.59. The molecule has 0 spiro atoms. The normalized spacial score (nSPS) is 24.7. The van der Waals surface area contributed by atoms with Crippen molar-refractivity contribution >= 4 is 16.6 Å². The average molecular weight is 543 g/mol. The molecule has 1 saturated heterocycles. The van der Waals surface area contributed by atoms with Gasteiger partial charge in [0.05, 0.1) is 25.3 Å². The lowest BCUT2D eigenvalue weighted by atomic mass is 9.88. The molecule has 206 valence electrons. The van der Waals surface area contributed by atoms with Gasteiger partial charge in [0.1, 0.15) is 17.8 Å². The van der Waals surface area contributed by atoms with Crippen LogP contribution in [0.25, 0.3) is 10.9 Å². The van der Waals surface area contributed by atoms with Crippen molar-refractivity contribution in [3.8, 4) is 0 Å². The molecule has 0 amide bonds. The molecule has 0 radical (unpaired) electrons. The number of aromatic amines is 1. The molecule has 2 aliphatic heterocycles. The number of halogens is 7. The van der Waals surface area contributed by atoms with E-state index in [0.29, 0.717) is 17.8 Å². The van der Waals surface area contributed by atoms with E-state index in [9.17, 15) is 22.0 Å². The summed E-state index contributed by atoms with van der Waals surface area (Å²) >= 11 is 0. The molecular formula is C27H29F7N4. The monoisotopic (exact) mass is 542 g/mol. The van der Waals surface area contributed by atoms with E-state index < -0.39 is 60.9 Å². The maximum atomic E-state index is 15.6. The van der Waals surface area contributed by atoms with Gasteiger partial charge in [0.25, 0.3) is 0 Å². The number of para-hydroxylation sites is 1. The molecule has 1 fully saturated rings. The van der Waals surface area contributed by atoms with Crippen LogP contribution in [0, 0.1) is 11.6 Å². The summed E-state index contributed by atoms with van der Waals surface area (Å²) in [6, 6.07) is 6.45. The van der Waals surface area contributed by atoms with Gasteiger partial charge in [-0.05, 0) is 43.5 Å². The number of nitrogens with one attached hydrogen (secondary N) is 2. The van der Waals surface area contributed by atoms with Gasteiger partial charge in [0.2, 0.25) is 0 Å². The van der Waals surface area contributed by atoms with E-state index in [1.54, 1.807) is 30.0 Å². The van der Waals surface area contributed by atoms with Crippen LogP contribution in [0.2, 0.25) is 0 Å². The molecule has 3 aromatic rings. The third-order valence-electron chi connectivity index (χ3n) is 7.52. The molecule has 0 saturated carbocycles. The van der Waals surface area contributed by atoms with E-state index in [2.05, 4.69) is 10.3 Å². The summed E-state index contributed by atoms with van der Waals surface area (Å²) in [6.07, 6.45) is -5.36. The first kappa shape index (κ1) is 26.8. The summed E-state index contributed by atoms with van der Waals surface area (Å²) in [5.41, 5.74) is 1.24. The number of likely N-dealkylation sites (tertiary alicyclic amines) is 1. The van der Waals surface area contributed by atoms with Crippen LogP contribution < -0.4 is 5.32 Å². The Labute approximate surface area is 215 Å². The van der Waals surface area contributed by atoms with Gasteiger partial charge in [0, 0.05) is 53.5 Å². The van der Waals surface area contributed by atoms with Gasteiger partial charge in [-0.1, -0.05) is 18.2 Å². The van der Waals surface area contributed by atoms with Gasteiger partial charge < -0.3 is 10.3 Å². The molecular weight excluding hydrogens is 513 g/mol. The Kier molecular flexibility index (Phi) is 7.34. The summed E-state index contributed by atoms with van der Waals surface area (Å²) in [5, 5.41) is 3.62. The fourth-order valence-corrected chi connectivity index (χ4v) is 5.86. The van der Waals surface area contributed by atoms with Crippen molar-refractivity contribution < 1.29 is 30.7 Å². The van der Waals surface area contributed by atoms with Gasteiger partial charge in [-0.2, -0.15) is 13.2 Å². The molecule has 2 aliphatic rings. The number of alkyl halides is 5. The van der Waals surface area contributed by atoms with Gasteiger partial charge in [-0.25, -0.2) is 13.2 Å². The highest BCUT2D eigenvalue weighted by molar-refractivity contribution is 5.85. The lowest BCUT2D eigenvalue weighted by Crippen LogP contribution is -2.47. The van der Waals surface area contributed by atoms with E-state index >= 15 is 8.78 Å². The second kappa shape index (κ2) is 10.4. The third-order valence-corrected chi connectivity index (χ3v) is 7.52. The number of anilines is 1. The standard InChI is InChI=1S/C27H29F7N4/c1-15-9-18-17-5-2-3-6-22(17)36-25(18)26(38(15)14-27(32,33)34)24-19(29)10-16(11-20(24)30)35-23-13-37(8-4-7-28)12-21(23)31/h2-3,5-6,10-11,15,21,23,26,35-36H,4,7-9,12-14H2,1H3/t15-,21+,23-,26-/m1/s1. The second-order valence-electron chi connectivity index (χ2n) is 10.2. The number of aromatic nitrogens is 1. The first-order valence-corrected chi connectivity index (χ1v) is 12.7. The number of rotatable bonds is 7. The number of fused-ring (bicyclic) bond motifs is 3. The molecule has 2 N–H and O–H groups in total. The zero-order valence-corrected chi connectivity index (χ0v) is 20.8. The van der Waals surface area contributed by atoms with Crippen LogP contribution in [0.1, 0.15) is 36.2 Å². The van der Waals surface area contributed by atoms with Gasteiger partial charge >= 0.3 is 6.18 Å². The molecule has 1 aromatic heterocycles. The summed E-state index contributed by atoms with van der Waals surface area (Å²) in [6.45, 7) is 0.448. The van der Waals surface area contributed by atoms with Crippen LogP contribution in [-0.4, -0.2) is 72.1 Å². The van der Waals surface area contributed by atoms with Crippen molar-refractivity contribution in [3.05, 3.63) is 64.9 Å². The number of hydrogen-bond acceptors (Lipinski definition) is 3. The van der Waals surface area contributed by atoms with Crippen LogP contribution >= 0.6 is 0 Å². The van der Waals surface area contributed by atoms with Crippen LogP contribution in [0.4, 0.5) is 36.4 Å². The van der Waals surface area contributed by atoms with Crippen molar-refractivity contribution in [1.29, 1.82) is 0 Å². The van der Waals surface area contributed by atoms with Crippen molar-refractivity contribution in [2.45, 2.75) is 50.2 Å². The van der Waals surface area contributed by atoms with Crippen LogP contribution in [0.3, 0.4) is 0 Å². The molecule has 2 aromatic carbocycles. The second-order valence-corrected chi connectivity index (χ2v) is 10.2. The van der Waals surface area contributed by atoms with Crippen molar-refractivity contribution in [2.75, 3.05) is 38.2 Å². The Hall–Kier alpha value is -2.79. The van der Waals surface area contributed by atoms with Gasteiger partial charge in [-0.15, -0.1) is 0 Å². The maximum absolute atomic E-state index is 15.6. The number of H-pyrrole nitrogens is 1. The Morgan fingerprint density at radius 2 is 1.79 bits per heavy atom. The topological polar surface area (TPSA) is 34.3 Å². The number of benzene rings is 2. The Bertz CT molecular complexity index is 1270. The van der Waals surface area contributed by atoms with E-state index in [1.165, 1.54) is 0 Å². The van der Waals surface area contributed by atoms with Crippen molar-refractivity contribution in [3.63, 3.8) is 0 Å².